The van der Waals surface area contributed by atoms with Crippen LogP contribution in [-0.4, -0.2) is 45.2 Å². The minimum absolute atomic E-state index is 0.0545. The molecule has 35 heavy (non-hydrogen) atoms. The molecule has 4 saturated carbocycles. The predicted molar refractivity (Wildman–Crippen MR) is 135 cm³/mol. The van der Waals surface area contributed by atoms with Crippen molar-refractivity contribution in [3.05, 3.63) is 11.6 Å². The monoisotopic (exact) mass is 488 g/mol. The summed E-state index contributed by atoms with van der Waals surface area (Å²) in [5.41, 5.74) is -0.529. The number of aliphatic carboxylic acids is 1. The normalized spacial score (nSPS) is 57.7. The van der Waals surface area contributed by atoms with Crippen LogP contribution >= 0.6 is 0 Å². The van der Waals surface area contributed by atoms with Crippen molar-refractivity contribution in [3.8, 4) is 0 Å². The minimum atomic E-state index is -0.711. The van der Waals surface area contributed by atoms with E-state index in [1.807, 2.05) is 6.92 Å². The summed E-state index contributed by atoms with van der Waals surface area (Å²) >= 11 is 0. The molecule has 12 atom stereocenters. The average molecular weight is 489 g/mol. The Morgan fingerprint density at radius 2 is 1.71 bits per heavy atom. The summed E-state index contributed by atoms with van der Waals surface area (Å²) in [6, 6.07) is 0. The zero-order chi connectivity index (χ0) is 25.8. The molecule has 4 fully saturated rings. The van der Waals surface area contributed by atoms with E-state index in [1.165, 1.54) is 5.57 Å². The molecule has 0 aromatic heterocycles. The molecule has 0 radical (unpaired) electrons. The van der Waals surface area contributed by atoms with Crippen molar-refractivity contribution in [1.29, 1.82) is 0 Å². The molecule has 0 bridgehead atoms. The lowest BCUT2D eigenvalue weighted by Crippen LogP contribution is -2.69. The topological polar surface area (TPSA) is 98.0 Å². The first kappa shape index (κ1) is 25.7. The Hall–Kier alpha value is -0.910. The molecule has 0 amide bonds. The van der Waals surface area contributed by atoms with Crippen LogP contribution in [0.4, 0.5) is 0 Å². The van der Waals surface area contributed by atoms with E-state index in [1.54, 1.807) is 0 Å². The summed E-state index contributed by atoms with van der Waals surface area (Å²) in [4.78, 5) is 12.8. The molecule has 0 spiro atoms. The highest BCUT2D eigenvalue weighted by molar-refractivity contribution is 5.76. The summed E-state index contributed by atoms with van der Waals surface area (Å²) in [5, 5.41) is 43.7. The molecule has 5 rings (SSSR count). The second-order valence-corrected chi connectivity index (χ2v) is 14.5. The van der Waals surface area contributed by atoms with Crippen LogP contribution in [0.5, 0.6) is 0 Å². The van der Waals surface area contributed by atoms with Gasteiger partial charge < -0.3 is 20.4 Å². The predicted octanol–water partition coefficient (Wildman–Crippen LogP) is 5.03. The smallest absolute Gasteiger partial charge is 0.310 e. The molecule has 5 nitrogen and oxygen atoms in total. The molecule has 0 aliphatic heterocycles. The maximum Gasteiger partial charge on any atom is 0.310 e. The van der Waals surface area contributed by atoms with Crippen LogP contribution in [0.1, 0.15) is 92.9 Å². The minimum Gasteiger partial charge on any atom is -0.481 e. The van der Waals surface area contributed by atoms with Crippen molar-refractivity contribution in [2.24, 2.45) is 56.7 Å². The summed E-state index contributed by atoms with van der Waals surface area (Å²) in [6.07, 6.45) is 7.57. The molecule has 5 heteroatoms. The highest BCUT2D eigenvalue weighted by Gasteiger charge is 2.71. The molecule has 0 saturated heterocycles. The van der Waals surface area contributed by atoms with Crippen molar-refractivity contribution in [1.82, 2.24) is 0 Å². The second-order valence-electron chi connectivity index (χ2n) is 14.5. The number of aliphatic hydroxyl groups is 3. The summed E-state index contributed by atoms with van der Waals surface area (Å²) in [5.74, 6) is 0.432. The fraction of sp³-hybridized carbons (Fsp3) is 0.900. The molecule has 198 valence electrons. The van der Waals surface area contributed by atoms with Crippen molar-refractivity contribution >= 4 is 5.97 Å². The van der Waals surface area contributed by atoms with Gasteiger partial charge in [-0.3, -0.25) is 4.79 Å². The number of fused-ring (bicyclic) bond motifs is 7. The first-order valence-corrected chi connectivity index (χ1v) is 14.1. The number of allylic oxidation sites excluding steroid dienone is 2. The van der Waals surface area contributed by atoms with Gasteiger partial charge in [-0.15, -0.1) is 0 Å². The molecule has 0 aromatic carbocycles. The van der Waals surface area contributed by atoms with Gasteiger partial charge in [0.1, 0.15) is 0 Å². The molecular formula is C30H48O5. The van der Waals surface area contributed by atoms with Crippen molar-refractivity contribution < 1.29 is 25.2 Å². The highest BCUT2D eigenvalue weighted by Crippen LogP contribution is 2.75. The van der Waals surface area contributed by atoms with Gasteiger partial charge in [0, 0.05) is 11.3 Å². The van der Waals surface area contributed by atoms with Crippen LogP contribution < -0.4 is 0 Å². The van der Waals surface area contributed by atoms with Crippen molar-refractivity contribution in [3.63, 3.8) is 0 Å². The Morgan fingerprint density at radius 3 is 2.34 bits per heavy atom. The van der Waals surface area contributed by atoms with Crippen LogP contribution in [0.25, 0.3) is 0 Å². The maximum atomic E-state index is 12.8. The van der Waals surface area contributed by atoms with Crippen LogP contribution in [-0.2, 0) is 4.79 Å². The van der Waals surface area contributed by atoms with Crippen molar-refractivity contribution in [2.75, 3.05) is 6.61 Å². The zero-order valence-electron chi connectivity index (χ0n) is 22.7. The van der Waals surface area contributed by atoms with E-state index < -0.39 is 29.0 Å². The average Bonchev–Trinajstić information content (AvgIpc) is 2.79. The quantitative estimate of drug-likeness (QED) is 0.409. The van der Waals surface area contributed by atoms with Gasteiger partial charge in [0.05, 0.1) is 24.2 Å². The number of hydrogen-bond acceptors (Lipinski definition) is 4. The van der Waals surface area contributed by atoms with Gasteiger partial charge in [-0.1, -0.05) is 53.2 Å². The highest BCUT2D eigenvalue weighted by atomic mass is 16.4. The van der Waals surface area contributed by atoms with Gasteiger partial charge in [-0.2, -0.15) is 0 Å². The van der Waals surface area contributed by atoms with Crippen LogP contribution in [0.3, 0.4) is 0 Å². The van der Waals surface area contributed by atoms with Gasteiger partial charge in [0.2, 0.25) is 0 Å². The van der Waals surface area contributed by atoms with E-state index in [0.717, 1.165) is 32.1 Å². The lowest BCUT2D eigenvalue weighted by molar-refractivity contribution is -0.252. The Bertz CT molecular complexity index is 930. The van der Waals surface area contributed by atoms with Crippen LogP contribution in [0, 0.1) is 56.7 Å². The maximum absolute atomic E-state index is 12.8. The molecular weight excluding hydrogens is 440 g/mol. The molecule has 0 heterocycles. The van der Waals surface area contributed by atoms with Gasteiger partial charge in [0.25, 0.3) is 0 Å². The number of carbonyl (C=O) groups is 1. The first-order valence-electron chi connectivity index (χ1n) is 14.1. The summed E-state index contributed by atoms with van der Waals surface area (Å²) in [6.45, 7) is 13.5. The van der Waals surface area contributed by atoms with E-state index in [4.69, 9.17) is 0 Å². The van der Waals surface area contributed by atoms with E-state index in [9.17, 15) is 25.2 Å². The number of hydrogen-bond donors (Lipinski definition) is 4. The Labute approximate surface area is 211 Å². The lowest BCUT2D eigenvalue weighted by atomic mass is 9.33. The SMILES string of the molecule is C[C@H]1[C@H](C)CC[C@]2(C(=O)O)CC[C@]3(C)C(=CC[C@@H]4[C@@]5(C)CC[C@H](O)C(C)(CO)C5[C@H](O)C[C@]43C)[C@H]12. The van der Waals surface area contributed by atoms with Crippen LogP contribution in [0.2, 0.25) is 0 Å². The fourth-order valence-corrected chi connectivity index (χ4v) is 11.0. The molecule has 2 unspecified atom stereocenters. The third-order valence-corrected chi connectivity index (χ3v) is 13.4. The summed E-state index contributed by atoms with van der Waals surface area (Å²) in [7, 11) is 0. The van der Waals surface area contributed by atoms with E-state index >= 15 is 0 Å². The van der Waals surface area contributed by atoms with E-state index in [-0.39, 0.29) is 34.7 Å². The van der Waals surface area contributed by atoms with Crippen molar-refractivity contribution in [2.45, 2.75) is 105 Å². The Balaban J connectivity index is 1.64. The molecule has 5 aliphatic carbocycles. The van der Waals surface area contributed by atoms with Gasteiger partial charge in [-0.25, -0.2) is 0 Å². The largest absolute Gasteiger partial charge is 0.481 e. The first-order chi connectivity index (χ1) is 16.2. The van der Waals surface area contributed by atoms with E-state index in [2.05, 4.69) is 40.7 Å². The Morgan fingerprint density at radius 1 is 1.03 bits per heavy atom. The molecule has 5 aliphatic rings. The van der Waals surface area contributed by atoms with Gasteiger partial charge >= 0.3 is 5.97 Å². The zero-order valence-corrected chi connectivity index (χ0v) is 22.7. The fourth-order valence-electron chi connectivity index (χ4n) is 11.0. The second kappa shape index (κ2) is 7.80. The Kier molecular flexibility index (Phi) is 5.73. The van der Waals surface area contributed by atoms with E-state index in [0.29, 0.717) is 37.0 Å². The number of aliphatic hydroxyl groups excluding tert-OH is 3. The third kappa shape index (κ3) is 2.95. The summed E-state index contributed by atoms with van der Waals surface area (Å²) < 4.78 is 0. The number of rotatable bonds is 2. The number of carboxylic acid groups (broad SMARTS) is 1. The van der Waals surface area contributed by atoms with Gasteiger partial charge in [-0.05, 0) is 91.3 Å². The molecule has 0 aromatic rings. The third-order valence-electron chi connectivity index (χ3n) is 13.4. The van der Waals surface area contributed by atoms with Crippen LogP contribution in [0.15, 0.2) is 11.6 Å². The standard InChI is InChI=1S/C30H48O5/c1-17-9-12-30(25(34)35)14-13-28(5)19(23(30)18(17)2)7-8-21-26(3)11-10-22(33)27(4,16-31)24(26)20(32)15-29(21,28)6/h7,17-18,20-24,31-33H,8-16H2,1-6H3,(H,34,35)/t17-,18+,20-,21-,22+,23+,24?,26-,27?,28-,29-,30+/m1/s1. The lowest BCUT2D eigenvalue weighted by Gasteiger charge is -2.72. The van der Waals surface area contributed by atoms with Gasteiger partial charge in [0.15, 0.2) is 0 Å². The number of carboxylic acids is 1. The molecule has 4 N–H and O–H groups in total.